The van der Waals surface area contributed by atoms with Crippen LogP contribution in [0.15, 0.2) is 36.5 Å². The minimum absolute atomic E-state index is 0.139. The number of nitrogens with zero attached hydrogens (tertiary/aromatic N) is 2. The molecule has 2 amide bonds. The highest BCUT2D eigenvalue weighted by Gasteiger charge is 2.33. The number of amides is 2. The van der Waals surface area contributed by atoms with Crippen molar-refractivity contribution in [2.45, 2.75) is 12.7 Å². The van der Waals surface area contributed by atoms with Gasteiger partial charge in [0.15, 0.2) is 23.9 Å². The van der Waals surface area contributed by atoms with Crippen molar-refractivity contribution in [3.63, 3.8) is 0 Å². The number of halogens is 4. The van der Waals surface area contributed by atoms with Crippen LogP contribution < -0.4 is 15.6 Å². The van der Waals surface area contributed by atoms with Gasteiger partial charge in [-0.2, -0.15) is 18.3 Å². The molecule has 25 heavy (non-hydrogen) atoms. The first-order valence-corrected chi connectivity index (χ1v) is 6.81. The van der Waals surface area contributed by atoms with Gasteiger partial charge in [0.2, 0.25) is 0 Å². The smallest absolute Gasteiger partial charge is 0.435 e. The van der Waals surface area contributed by atoms with Crippen LogP contribution in [0.25, 0.3) is 0 Å². The summed E-state index contributed by atoms with van der Waals surface area (Å²) in [6, 6.07) is 6.14. The third kappa shape index (κ3) is 5.48. The molecule has 2 aromatic rings. The minimum atomic E-state index is -4.61. The van der Waals surface area contributed by atoms with Crippen molar-refractivity contribution in [2.24, 2.45) is 0 Å². The lowest BCUT2D eigenvalue weighted by atomic mass is 10.3. The minimum Gasteiger partial charge on any atom is -0.481 e. The van der Waals surface area contributed by atoms with E-state index >= 15 is 0 Å². The van der Waals surface area contributed by atoms with Crippen LogP contribution in [0.2, 0.25) is 0 Å². The molecule has 0 saturated carbocycles. The molecule has 0 fully saturated rings. The molecule has 2 N–H and O–H groups in total. The Balaban J connectivity index is 1.75. The molecule has 11 heteroatoms. The van der Waals surface area contributed by atoms with Crippen LogP contribution in [0.3, 0.4) is 0 Å². The summed E-state index contributed by atoms with van der Waals surface area (Å²) in [5.74, 6) is -2.39. The van der Waals surface area contributed by atoms with E-state index in [1.807, 2.05) is 10.9 Å². The average Bonchev–Trinajstić information content (AvgIpc) is 3.01. The number of hydrazine groups is 1. The lowest BCUT2D eigenvalue weighted by Gasteiger charge is -2.09. The van der Waals surface area contributed by atoms with E-state index in [0.717, 1.165) is 16.9 Å². The van der Waals surface area contributed by atoms with Crippen LogP contribution in [0.1, 0.15) is 5.69 Å². The van der Waals surface area contributed by atoms with Gasteiger partial charge in [-0.25, -0.2) is 4.39 Å². The predicted molar refractivity (Wildman–Crippen MR) is 75.4 cm³/mol. The summed E-state index contributed by atoms with van der Waals surface area (Å²) in [6.45, 7) is -1.11. The Labute approximate surface area is 138 Å². The topological polar surface area (TPSA) is 85.3 Å². The zero-order chi connectivity index (χ0) is 18.4. The van der Waals surface area contributed by atoms with Gasteiger partial charge in [0, 0.05) is 6.20 Å². The number of carbonyl (C=O) groups excluding carboxylic acids is 2. The summed E-state index contributed by atoms with van der Waals surface area (Å²) in [7, 11) is 0. The molecule has 0 spiro atoms. The quantitative estimate of drug-likeness (QED) is 0.621. The number of hydrogen-bond acceptors (Lipinski definition) is 4. The van der Waals surface area contributed by atoms with Crippen molar-refractivity contribution in [1.29, 1.82) is 0 Å². The lowest BCUT2D eigenvalue weighted by Crippen LogP contribution is -2.45. The van der Waals surface area contributed by atoms with Crippen LogP contribution in [-0.2, 0) is 22.3 Å². The summed E-state index contributed by atoms with van der Waals surface area (Å²) in [6.07, 6.45) is -3.63. The number of hydrogen-bond donors (Lipinski definition) is 2. The summed E-state index contributed by atoms with van der Waals surface area (Å²) >= 11 is 0. The van der Waals surface area contributed by atoms with Crippen molar-refractivity contribution in [1.82, 2.24) is 20.6 Å². The Morgan fingerprint density at radius 1 is 1.12 bits per heavy atom. The van der Waals surface area contributed by atoms with Crippen molar-refractivity contribution in [3.8, 4) is 5.75 Å². The van der Waals surface area contributed by atoms with Crippen LogP contribution >= 0.6 is 0 Å². The van der Waals surface area contributed by atoms with Gasteiger partial charge in [0.05, 0.1) is 0 Å². The Morgan fingerprint density at radius 3 is 2.44 bits per heavy atom. The molecule has 0 bridgehead atoms. The van der Waals surface area contributed by atoms with Gasteiger partial charge in [0.25, 0.3) is 11.8 Å². The van der Waals surface area contributed by atoms with Crippen molar-refractivity contribution in [2.75, 3.05) is 6.61 Å². The number of nitrogens with one attached hydrogen (secondary N) is 2. The van der Waals surface area contributed by atoms with Crippen LogP contribution in [-0.4, -0.2) is 28.2 Å². The van der Waals surface area contributed by atoms with Crippen LogP contribution in [0.4, 0.5) is 17.6 Å². The standard InChI is InChI=1S/C14H12F4N4O3/c15-9-3-1-2-4-10(9)25-8-13(24)20-19-12(23)7-22-6-5-11(21-22)14(16,17)18/h1-6H,7-8H2,(H,19,23)(H,20,24). The van der Waals surface area contributed by atoms with E-state index in [9.17, 15) is 27.2 Å². The van der Waals surface area contributed by atoms with Crippen LogP contribution in [0, 0.1) is 5.82 Å². The Morgan fingerprint density at radius 2 is 1.80 bits per heavy atom. The fraction of sp³-hybridized carbons (Fsp3) is 0.214. The van der Waals surface area contributed by atoms with Gasteiger partial charge in [-0.1, -0.05) is 12.1 Å². The average molecular weight is 360 g/mol. The third-order valence-corrected chi connectivity index (χ3v) is 2.77. The molecule has 1 heterocycles. The molecule has 134 valence electrons. The molecule has 1 aromatic carbocycles. The first-order valence-electron chi connectivity index (χ1n) is 6.81. The summed E-state index contributed by atoms with van der Waals surface area (Å²) in [4.78, 5) is 23.0. The maximum absolute atomic E-state index is 13.3. The normalized spacial score (nSPS) is 11.0. The largest absolute Gasteiger partial charge is 0.481 e. The van der Waals surface area contributed by atoms with Gasteiger partial charge < -0.3 is 4.74 Å². The van der Waals surface area contributed by atoms with Crippen molar-refractivity contribution in [3.05, 3.63) is 48.0 Å². The monoisotopic (exact) mass is 360 g/mol. The van der Waals surface area contributed by atoms with E-state index in [1.54, 1.807) is 0 Å². The van der Waals surface area contributed by atoms with Crippen molar-refractivity contribution >= 4 is 11.8 Å². The molecule has 0 unspecified atom stereocenters. The van der Waals surface area contributed by atoms with Gasteiger partial charge in [-0.3, -0.25) is 25.1 Å². The fourth-order valence-electron chi connectivity index (χ4n) is 1.67. The highest BCUT2D eigenvalue weighted by molar-refractivity contribution is 5.82. The summed E-state index contributed by atoms with van der Waals surface area (Å²) in [5, 5.41) is 3.19. The maximum Gasteiger partial charge on any atom is 0.435 e. The molecule has 2 rings (SSSR count). The maximum atomic E-state index is 13.3. The third-order valence-electron chi connectivity index (χ3n) is 2.77. The van der Waals surface area contributed by atoms with E-state index in [-0.39, 0.29) is 5.75 Å². The van der Waals surface area contributed by atoms with E-state index in [4.69, 9.17) is 4.74 Å². The molecule has 0 aliphatic heterocycles. The molecular formula is C14H12F4N4O3. The second-order valence-electron chi connectivity index (χ2n) is 4.71. The number of para-hydroxylation sites is 1. The predicted octanol–water partition coefficient (Wildman–Crippen LogP) is 1.27. The lowest BCUT2D eigenvalue weighted by molar-refractivity contribution is -0.141. The number of benzene rings is 1. The zero-order valence-electron chi connectivity index (χ0n) is 12.5. The number of ether oxygens (including phenoxy) is 1. The Kier molecular flexibility index (Phi) is 5.57. The van der Waals surface area contributed by atoms with Crippen molar-refractivity contribution < 1.29 is 31.9 Å². The fourth-order valence-corrected chi connectivity index (χ4v) is 1.67. The van der Waals surface area contributed by atoms with E-state index < -0.39 is 42.7 Å². The van der Waals surface area contributed by atoms with Gasteiger partial charge in [0.1, 0.15) is 6.54 Å². The Bertz CT molecular complexity index is 761. The zero-order valence-corrected chi connectivity index (χ0v) is 12.5. The highest BCUT2D eigenvalue weighted by atomic mass is 19.4. The number of carbonyl (C=O) groups is 2. The van der Waals surface area contributed by atoms with Crippen LogP contribution in [0.5, 0.6) is 5.75 Å². The first kappa shape index (κ1) is 18.2. The first-order chi connectivity index (χ1) is 11.8. The molecule has 0 radical (unpaired) electrons. The van der Waals surface area contributed by atoms with E-state index in [2.05, 4.69) is 5.10 Å². The second-order valence-corrected chi connectivity index (χ2v) is 4.71. The van der Waals surface area contributed by atoms with E-state index in [0.29, 0.717) is 6.07 Å². The van der Waals surface area contributed by atoms with Gasteiger partial charge in [-0.15, -0.1) is 0 Å². The van der Waals surface area contributed by atoms with Gasteiger partial charge >= 0.3 is 6.18 Å². The molecule has 7 nitrogen and oxygen atoms in total. The molecule has 0 aliphatic carbocycles. The van der Waals surface area contributed by atoms with E-state index in [1.165, 1.54) is 18.2 Å². The molecule has 0 saturated heterocycles. The number of alkyl halides is 3. The van der Waals surface area contributed by atoms with Gasteiger partial charge in [-0.05, 0) is 18.2 Å². The summed E-state index contributed by atoms with van der Waals surface area (Å²) < 4.78 is 56.1. The molecule has 1 aromatic heterocycles. The molecule has 0 aliphatic rings. The number of aromatic nitrogens is 2. The Hall–Kier alpha value is -3.11. The second kappa shape index (κ2) is 7.64. The summed E-state index contributed by atoms with van der Waals surface area (Å²) in [5.41, 5.74) is 2.82. The SMILES string of the molecule is O=C(COc1ccccc1F)NNC(=O)Cn1ccc(C(F)(F)F)n1. The molecular weight excluding hydrogens is 348 g/mol. The highest BCUT2D eigenvalue weighted by Crippen LogP contribution is 2.27. The number of rotatable bonds is 5. The molecule has 0 atom stereocenters.